The molecule has 432 valence electrons. The van der Waals surface area contributed by atoms with E-state index in [9.17, 15) is 0 Å². The van der Waals surface area contributed by atoms with Crippen LogP contribution in [0.3, 0.4) is 0 Å². The third-order valence-corrected chi connectivity index (χ3v) is 21.3. The van der Waals surface area contributed by atoms with Crippen LogP contribution in [0.15, 0.2) is 70.3 Å². The van der Waals surface area contributed by atoms with E-state index in [4.69, 9.17) is 0 Å². The number of fused-ring (bicyclic) bond motifs is 5. The SMILES string of the molecule is CCCCCCCCCCCCC(CCCCCCCC)Cc1cc2c(cc(CC(CCCCCCCC)CCCCCCCCCCCC)c3cc(-c4ccc(-c5ccc(C)s5)s4)c(=O)c32)c2c(=O)c(-c3ccc(C)s3)cc12. The van der Waals surface area contributed by atoms with Gasteiger partial charge in [0.2, 0.25) is 0 Å². The first-order valence-electron chi connectivity index (χ1n) is 33.2. The Kier molecular flexibility index (Phi) is 27.9. The fraction of sp³-hybridized carbons (Fsp3) is 0.622. The molecule has 3 aromatic heterocycles. The lowest BCUT2D eigenvalue weighted by Gasteiger charge is -2.20. The Morgan fingerprint density at radius 3 is 0.924 bits per heavy atom. The average molecular weight is 1120 g/mol. The quantitative estimate of drug-likeness (QED) is 0.0357. The monoisotopic (exact) mass is 1120 g/mol. The van der Waals surface area contributed by atoms with Gasteiger partial charge in [-0.25, -0.2) is 0 Å². The highest BCUT2D eigenvalue weighted by Gasteiger charge is 2.26. The highest BCUT2D eigenvalue weighted by atomic mass is 32.1. The molecule has 0 saturated carbocycles. The summed E-state index contributed by atoms with van der Waals surface area (Å²) < 4.78 is 0. The van der Waals surface area contributed by atoms with Gasteiger partial charge in [-0.15, -0.1) is 34.0 Å². The van der Waals surface area contributed by atoms with Crippen molar-refractivity contribution in [2.75, 3.05) is 0 Å². The van der Waals surface area contributed by atoms with Gasteiger partial charge in [-0.2, -0.15) is 0 Å². The van der Waals surface area contributed by atoms with Gasteiger partial charge in [0, 0.05) is 51.2 Å². The topological polar surface area (TPSA) is 34.1 Å². The minimum atomic E-state index is 0.146. The Morgan fingerprint density at radius 1 is 0.316 bits per heavy atom. The molecule has 2 nitrogen and oxygen atoms in total. The molecule has 2 unspecified atom stereocenters. The summed E-state index contributed by atoms with van der Waals surface area (Å²) in [4.78, 5) is 38.3. The van der Waals surface area contributed by atoms with Crippen LogP contribution in [0.2, 0.25) is 0 Å². The molecule has 2 atom stereocenters. The summed E-state index contributed by atoms with van der Waals surface area (Å²) in [6.07, 6.45) is 49.6. The van der Waals surface area contributed by atoms with Gasteiger partial charge in [0.1, 0.15) is 0 Å². The molecule has 5 heteroatoms. The Balaban J connectivity index is 1.28. The van der Waals surface area contributed by atoms with Crippen LogP contribution < -0.4 is 10.9 Å². The first-order chi connectivity index (χ1) is 38.7. The summed E-state index contributed by atoms with van der Waals surface area (Å²) in [6.45, 7) is 13.6. The molecule has 0 amide bonds. The van der Waals surface area contributed by atoms with Crippen LogP contribution in [0.25, 0.3) is 63.0 Å². The molecule has 0 spiro atoms. The average Bonchev–Trinajstić information content (AvgIpc) is 3.96. The smallest absolute Gasteiger partial charge is 0.195 e. The van der Waals surface area contributed by atoms with Gasteiger partial charge in [0.25, 0.3) is 0 Å². The molecule has 0 aliphatic carbocycles. The third kappa shape index (κ3) is 19.1. The molecule has 0 bridgehead atoms. The fourth-order valence-electron chi connectivity index (χ4n) is 13.2. The second-order valence-electron chi connectivity index (χ2n) is 24.7. The van der Waals surface area contributed by atoms with Crippen LogP contribution in [0.5, 0.6) is 0 Å². The van der Waals surface area contributed by atoms with Crippen LogP contribution >= 0.6 is 34.0 Å². The maximum atomic E-state index is 15.7. The standard InChI is InChI=1S/C74H106O2S3/c1-7-11-15-19-23-25-27-29-33-37-41-57(39-35-31-21-17-13-9-3)49-59-51-64-63(71-61(59)53-65(73(71)75)67-45-43-55(5)77-67)52-60(62-54-66(74(76)72(62)64)68-47-48-70(79-68)69-46-44-56(6)78-69)50-58(40-36-32-22-18-14-10-4)42-38-34-30-28-26-24-20-16-12-8-2/h43-48,51-54,57-58H,7-42,49-50H2,1-6H3. The molecule has 3 heterocycles. The molecule has 7 aromatic rings. The van der Waals surface area contributed by atoms with Crippen LogP contribution in [0, 0.1) is 25.7 Å². The molecule has 0 aliphatic rings. The van der Waals surface area contributed by atoms with Gasteiger partial charge in [0.15, 0.2) is 10.9 Å². The molecular weight excluding hydrogens is 1020 g/mol. The minimum absolute atomic E-state index is 0.146. The highest BCUT2D eigenvalue weighted by molar-refractivity contribution is 7.23. The normalized spacial score (nSPS) is 12.8. The summed E-state index contributed by atoms with van der Waals surface area (Å²) >= 11 is 5.33. The Bertz CT molecular complexity index is 2910. The number of aryl methyl sites for hydroxylation is 2. The zero-order valence-corrected chi connectivity index (χ0v) is 53.3. The minimum Gasteiger partial charge on any atom is -0.289 e. The fourth-order valence-corrected chi connectivity index (χ4v) is 16.1. The van der Waals surface area contributed by atoms with Crippen molar-refractivity contribution >= 4 is 66.3 Å². The van der Waals surface area contributed by atoms with Gasteiger partial charge in [0.05, 0.1) is 0 Å². The van der Waals surface area contributed by atoms with Gasteiger partial charge < -0.3 is 0 Å². The van der Waals surface area contributed by atoms with E-state index in [1.807, 2.05) is 11.3 Å². The van der Waals surface area contributed by atoms with E-state index in [-0.39, 0.29) is 10.9 Å². The number of thiophene rings is 3. The zero-order valence-electron chi connectivity index (χ0n) is 50.8. The maximum Gasteiger partial charge on any atom is 0.195 e. The number of hydrogen-bond donors (Lipinski definition) is 0. The van der Waals surface area contributed by atoms with Crippen LogP contribution in [-0.4, -0.2) is 0 Å². The predicted molar refractivity (Wildman–Crippen MR) is 357 cm³/mol. The van der Waals surface area contributed by atoms with Gasteiger partial charge in [-0.3, -0.25) is 9.59 Å². The van der Waals surface area contributed by atoms with Crippen molar-refractivity contribution < 1.29 is 0 Å². The van der Waals surface area contributed by atoms with Gasteiger partial charge in [-0.1, -0.05) is 259 Å². The summed E-state index contributed by atoms with van der Waals surface area (Å²) in [5, 5.41) is 6.03. The van der Waals surface area contributed by atoms with Crippen molar-refractivity contribution in [2.45, 2.75) is 286 Å². The number of hydrogen-bond acceptors (Lipinski definition) is 5. The van der Waals surface area contributed by atoms with Crippen molar-refractivity contribution in [1.29, 1.82) is 0 Å². The molecule has 4 aromatic carbocycles. The Hall–Kier alpha value is -3.38. The number of unbranched alkanes of at least 4 members (excludes halogenated alkanes) is 28. The van der Waals surface area contributed by atoms with Gasteiger partial charge >= 0.3 is 0 Å². The Morgan fingerprint density at radius 2 is 0.595 bits per heavy atom. The van der Waals surface area contributed by atoms with E-state index in [0.29, 0.717) is 11.8 Å². The summed E-state index contributed by atoms with van der Waals surface area (Å²) in [5.41, 5.74) is 4.54. The third-order valence-electron chi connectivity index (χ3n) is 18.0. The summed E-state index contributed by atoms with van der Waals surface area (Å²) in [6, 6.07) is 22.7. The van der Waals surface area contributed by atoms with E-state index in [1.165, 1.54) is 262 Å². The number of benzene rings is 2. The maximum absolute atomic E-state index is 15.7. The molecule has 0 N–H and O–H groups in total. The van der Waals surface area contributed by atoms with Crippen molar-refractivity contribution in [1.82, 2.24) is 0 Å². The predicted octanol–water partition coefficient (Wildman–Crippen LogP) is 25.0. The van der Waals surface area contributed by atoms with E-state index >= 15 is 9.59 Å². The van der Waals surface area contributed by atoms with Crippen LogP contribution in [0.4, 0.5) is 0 Å². The molecule has 0 aliphatic heterocycles. The second kappa shape index (κ2) is 34.9. The second-order valence-corrected chi connectivity index (χ2v) is 28.4. The van der Waals surface area contributed by atoms with Crippen molar-refractivity contribution in [3.8, 4) is 30.6 Å². The molecule has 79 heavy (non-hydrogen) atoms. The van der Waals surface area contributed by atoms with Gasteiger partial charge in [-0.05, 0) is 132 Å². The summed E-state index contributed by atoms with van der Waals surface area (Å²) in [7, 11) is 0. The van der Waals surface area contributed by atoms with E-state index in [0.717, 1.165) is 66.0 Å². The lowest BCUT2D eigenvalue weighted by Crippen LogP contribution is -2.08. The molecule has 0 radical (unpaired) electrons. The van der Waals surface area contributed by atoms with Crippen LogP contribution in [-0.2, 0) is 12.8 Å². The molecule has 7 rings (SSSR count). The first kappa shape index (κ1) is 63.2. The van der Waals surface area contributed by atoms with E-state index in [2.05, 4.69) is 102 Å². The van der Waals surface area contributed by atoms with E-state index < -0.39 is 0 Å². The largest absolute Gasteiger partial charge is 0.289 e. The summed E-state index contributed by atoms with van der Waals surface area (Å²) in [5.74, 6) is 1.10. The molecule has 0 saturated heterocycles. The zero-order chi connectivity index (χ0) is 55.6. The first-order valence-corrected chi connectivity index (χ1v) is 35.6. The van der Waals surface area contributed by atoms with Crippen molar-refractivity contribution in [2.24, 2.45) is 11.8 Å². The lowest BCUT2D eigenvalue weighted by atomic mass is 9.84. The van der Waals surface area contributed by atoms with Crippen molar-refractivity contribution in [3.05, 3.63) is 102 Å². The molecule has 0 fully saturated rings. The lowest BCUT2D eigenvalue weighted by molar-refractivity contribution is 0.401. The number of rotatable bonds is 43. The Labute approximate surface area is 493 Å². The van der Waals surface area contributed by atoms with Crippen LogP contribution in [0.1, 0.15) is 280 Å². The van der Waals surface area contributed by atoms with E-state index in [1.54, 1.807) is 22.7 Å². The van der Waals surface area contributed by atoms with Crippen molar-refractivity contribution in [3.63, 3.8) is 0 Å². The molecular formula is C74H106O2S3. The highest BCUT2D eigenvalue weighted by Crippen LogP contribution is 2.43.